The highest BCUT2D eigenvalue weighted by molar-refractivity contribution is 5.79. The predicted octanol–water partition coefficient (Wildman–Crippen LogP) is 1.02. The minimum atomic E-state index is -0.936. The van der Waals surface area contributed by atoms with Crippen LogP contribution in [0.2, 0.25) is 0 Å². The number of amides is 1. The molecule has 0 saturated carbocycles. The standard InChI is InChI=1S/C14H20N2O3/c1-10-4-6-12(7-5-10)8-15-13(17)9-16(3)11(2)14(18)19/h4-7,11H,8-9H2,1-3H3,(H,15,17)(H,18,19). The number of aryl methyl sites for hydroxylation is 1. The summed E-state index contributed by atoms with van der Waals surface area (Å²) >= 11 is 0. The van der Waals surface area contributed by atoms with Gasteiger partial charge in [0.15, 0.2) is 0 Å². The molecule has 0 bridgehead atoms. The van der Waals surface area contributed by atoms with Gasteiger partial charge in [-0.1, -0.05) is 29.8 Å². The average Bonchev–Trinajstić information content (AvgIpc) is 2.37. The Labute approximate surface area is 113 Å². The Morgan fingerprint density at radius 3 is 2.42 bits per heavy atom. The Kier molecular flexibility index (Phi) is 5.51. The van der Waals surface area contributed by atoms with Gasteiger partial charge < -0.3 is 10.4 Å². The summed E-state index contributed by atoms with van der Waals surface area (Å²) in [5, 5.41) is 11.6. The summed E-state index contributed by atoms with van der Waals surface area (Å²) in [4.78, 5) is 23.9. The molecule has 0 aliphatic heterocycles. The van der Waals surface area contributed by atoms with Gasteiger partial charge in [-0.05, 0) is 26.5 Å². The van der Waals surface area contributed by atoms with Gasteiger partial charge in [-0.3, -0.25) is 14.5 Å². The number of rotatable bonds is 6. The number of carboxylic acid groups (broad SMARTS) is 1. The van der Waals surface area contributed by atoms with Crippen LogP contribution in [-0.4, -0.2) is 41.5 Å². The van der Waals surface area contributed by atoms with Crippen LogP contribution in [0.4, 0.5) is 0 Å². The molecule has 1 aromatic carbocycles. The first-order valence-electron chi connectivity index (χ1n) is 6.15. The number of likely N-dealkylation sites (N-methyl/N-ethyl adjacent to an activating group) is 1. The van der Waals surface area contributed by atoms with Crippen molar-refractivity contribution in [1.29, 1.82) is 0 Å². The molecule has 0 radical (unpaired) electrons. The van der Waals surface area contributed by atoms with Crippen molar-refractivity contribution in [3.63, 3.8) is 0 Å². The lowest BCUT2D eigenvalue weighted by Crippen LogP contribution is -2.42. The molecular formula is C14H20N2O3. The van der Waals surface area contributed by atoms with E-state index in [2.05, 4.69) is 5.32 Å². The minimum absolute atomic E-state index is 0.0688. The number of hydrogen-bond donors (Lipinski definition) is 2. The maximum Gasteiger partial charge on any atom is 0.320 e. The fourth-order valence-corrected chi connectivity index (χ4v) is 1.51. The first kappa shape index (κ1) is 15.2. The number of benzene rings is 1. The molecule has 1 amide bonds. The van der Waals surface area contributed by atoms with E-state index in [4.69, 9.17) is 5.11 Å². The smallest absolute Gasteiger partial charge is 0.320 e. The Bertz CT molecular complexity index is 443. The van der Waals surface area contributed by atoms with E-state index in [0.717, 1.165) is 5.56 Å². The molecule has 0 spiro atoms. The maximum absolute atomic E-state index is 11.7. The summed E-state index contributed by atoms with van der Waals surface area (Å²) in [6.07, 6.45) is 0. The van der Waals surface area contributed by atoms with Crippen LogP contribution < -0.4 is 5.32 Å². The summed E-state index contributed by atoms with van der Waals surface area (Å²) in [5.41, 5.74) is 2.19. The molecule has 19 heavy (non-hydrogen) atoms. The summed E-state index contributed by atoms with van der Waals surface area (Å²) < 4.78 is 0. The van der Waals surface area contributed by atoms with Crippen LogP contribution in [0.3, 0.4) is 0 Å². The van der Waals surface area contributed by atoms with Crippen LogP contribution in [0, 0.1) is 6.92 Å². The molecule has 0 fully saturated rings. The zero-order valence-electron chi connectivity index (χ0n) is 11.5. The number of nitrogens with zero attached hydrogens (tertiary/aromatic N) is 1. The van der Waals surface area contributed by atoms with Crippen molar-refractivity contribution in [3.05, 3.63) is 35.4 Å². The Hall–Kier alpha value is -1.88. The van der Waals surface area contributed by atoms with Crippen LogP contribution in [0.25, 0.3) is 0 Å². The van der Waals surface area contributed by atoms with Gasteiger partial charge in [0.2, 0.25) is 5.91 Å². The highest BCUT2D eigenvalue weighted by Crippen LogP contribution is 2.02. The van der Waals surface area contributed by atoms with Crippen LogP contribution in [0.15, 0.2) is 24.3 Å². The fraction of sp³-hybridized carbons (Fsp3) is 0.429. The second-order valence-electron chi connectivity index (χ2n) is 4.69. The zero-order valence-corrected chi connectivity index (χ0v) is 11.5. The lowest BCUT2D eigenvalue weighted by molar-refractivity contribution is -0.142. The molecule has 0 aromatic heterocycles. The van der Waals surface area contributed by atoms with Gasteiger partial charge >= 0.3 is 5.97 Å². The SMILES string of the molecule is Cc1ccc(CNC(=O)CN(C)C(C)C(=O)O)cc1. The lowest BCUT2D eigenvalue weighted by Gasteiger charge is -2.20. The fourth-order valence-electron chi connectivity index (χ4n) is 1.51. The van der Waals surface area contributed by atoms with Crippen molar-refractivity contribution < 1.29 is 14.7 Å². The molecule has 1 unspecified atom stereocenters. The largest absolute Gasteiger partial charge is 0.480 e. The van der Waals surface area contributed by atoms with Gasteiger partial charge in [-0.25, -0.2) is 0 Å². The highest BCUT2D eigenvalue weighted by atomic mass is 16.4. The van der Waals surface area contributed by atoms with E-state index in [-0.39, 0.29) is 12.5 Å². The molecule has 1 aromatic rings. The second-order valence-corrected chi connectivity index (χ2v) is 4.69. The Morgan fingerprint density at radius 1 is 1.32 bits per heavy atom. The van der Waals surface area contributed by atoms with Gasteiger partial charge in [0.1, 0.15) is 6.04 Å². The van der Waals surface area contributed by atoms with Crippen LogP contribution in [-0.2, 0) is 16.1 Å². The summed E-state index contributed by atoms with van der Waals surface area (Å²) in [6, 6.07) is 7.21. The van der Waals surface area contributed by atoms with E-state index in [9.17, 15) is 9.59 Å². The lowest BCUT2D eigenvalue weighted by atomic mass is 10.1. The third-order valence-electron chi connectivity index (χ3n) is 3.02. The topological polar surface area (TPSA) is 69.6 Å². The molecule has 0 saturated heterocycles. The van der Waals surface area contributed by atoms with Crippen molar-refractivity contribution in [3.8, 4) is 0 Å². The van der Waals surface area contributed by atoms with Crippen molar-refractivity contribution >= 4 is 11.9 Å². The van der Waals surface area contributed by atoms with Gasteiger partial charge in [0.05, 0.1) is 6.54 Å². The van der Waals surface area contributed by atoms with Crippen molar-refractivity contribution in [2.24, 2.45) is 0 Å². The average molecular weight is 264 g/mol. The molecule has 2 N–H and O–H groups in total. The quantitative estimate of drug-likeness (QED) is 0.804. The molecule has 5 nitrogen and oxygen atoms in total. The van der Waals surface area contributed by atoms with Crippen molar-refractivity contribution in [2.75, 3.05) is 13.6 Å². The highest BCUT2D eigenvalue weighted by Gasteiger charge is 2.18. The van der Waals surface area contributed by atoms with E-state index in [1.54, 1.807) is 14.0 Å². The normalized spacial score (nSPS) is 12.2. The first-order valence-corrected chi connectivity index (χ1v) is 6.15. The molecule has 104 valence electrons. The second kappa shape index (κ2) is 6.89. The van der Waals surface area contributed by atoms with Crippen LogP contribution >= 0.6 is 0 Å². The van der Waals surface area contributed by atoms with E-state index >= 15 is 0 Å². The van der Waals surface area contributed by atoms with Crippen molar-refractivity contribution in [2.45, 2.75) is 26.4 Å². The molecule has 1 atom stereocenters. The van der Waals surface area contributed by atoms with E-state index in [0.29, 0.717) is 6.54 Å². The zero-order chi connectivity index (χ0) is 14.4. The monoisotopic (exact) mass is 264 g/mol. The molecule has 0 aliphatic carbocycles. The number of hydrogen-bond acceptors (Lipinski definition) is 3. The van der Waals surface area contributed by atoms with E-state index in [1.165, 1.54) is 10.5 Å². The summed E-state index contributed by atoms with van der Waals surface area (Å²) in [6.45, 7) is 4.08. The third-order valence-corrected chi connectivity index (χ3v) is 3.02. The number of carbonyl (C=O) groups is 2. The van der Waals surface area contributed by atoms with Gasteiger partial charge in [0.25, 0.3) is 0 Å². The van der Waals surface area contributed by atoms with Gasteiger partial charge in [-0.2, -0.15) is 0 Å². The Morgan fingerprint density at radius 2 is 1.89 bits per heavy atom. The number of aliphatic carboxylic acids is 1. The number of carboxylic acids is 1. The number of nitrogens with one attached hydrogen (secondary N) is 1. The molecule has 5 heteroatoms. The maximum atomic E-state index is 11.7. The molecule has 0 aliphatic rings. The summed E-state index contributed by atoms with van der Waals surface area (Å²) in [7, 11) is 1.62. The number of carbonyl (C=O) groups excluding carboxylic acids is 1. The molecular weight excluding hydrogens is 244 g/mol. The molecule has 1 rings (SSSR count). The van der Waals surface area contributed by atoms with Crippen LogP contribution in [0.5, 0.6) is 0 Å². The first-order chi connectivity index (χ1) is 8.90. The minimum Gasteiger partial charge on any atom is -0.480 e. The van der Waals surface area contributed by atoms with E-state index < -0.39 is 12.0 Å². The predicted molar refractivity (Wildman–Crippen MR) is 72.8 cm³/mol. The van der Waals surface area contributed by atoms with E-state index in [1.807, 2.05) is 31.2 Å². The van der Waals surface area contributed by atoms with Crippen LogP contribution in [0.1, 0.15) is 18.1 Å². The van der Waals surface area contributed by atoms with Crippen molar-refractivity contribution in [1.82, 2.24) is 10.2 Å². The third kappa shape index (κ3) is 5.09. The molecule has 0 heterocycles. The van der Waals surface area contributed by atoms with Gasteiger partial charge in [0, 0.05) is 6.54 Å². The van der Waals surface area contributed by atoms with Gasteiger partial charge in [-0.15, -0.1) is 0 Å². The Balaban J connectivity index is 2.39. The summed E-state index contributed by atoms with van der Waals surface area (Å²) in [5.74, 6) is -1.12.